The van der Waals surface area contributed by atoms with E-state index in [1.54, 1.807) is 30.6 Å². The summed E-state index contributed by atoms with van der Waals surface area (Å²) in [4.78, 5) is 21.2. The zero-order valence-corrected chi connectivity index (χ0v) is 13.7. The van der Waals surface area contributed by atoms with Gasteiger partial charge in [-0.1, -0.05) is 12.1 Å². The van der Waals surface area contributed by atoms with Crippen LogP contribution < -0.4 is 5.32 Å². The van der Waals surface area contributed by atoms with Gasteiger partial charge < -0.3 is 0 Å². The van der Waals surface area contributed by atoms with Crippen molar-refractivity contribution in [2.24, 2.45) is 7.05 Å². The van der Waals surface area contributed by atoms with E-state index in [0.29, 0.717) is 10.8 Å². The Morgan fingerprint density at radius 2 is 2.09 bits per heavy atom. The highest BCUT2D eigenvalue weighted by molar-refractivity contribution is 7.22. The predicted octanol–water partition coefficient (Wildman–Crippen LogP) is 3.41. The number of para-hydroxylation sites is 1. The fraction of sp³-hybridized carbons (Fsp3) is 0.0667. The van der Waals surface area contributed by atoms with E-state index in [-0.39, 0.29) is 5.91 Å². The maximum absolute atomic E-state index is 12.2. The van der Waals surface area contributed by atoms with Crippen LogP contribution in [0.25, 0.3) is 20.9 Å². The molecule has 0 aliphatic rings. The first-order valence-corrected chi connectivity index (χ1v) is 8.51. The van der Waals surface area contributed by atoms with E-state index in [0.717, 1.165) is 20.9 Å². The molecular formula is C15H11N5OS2. The number of hydrogen-bond donors (Lipinski definition) is 1. The highest BCUT2D eigenvalue weighted by Gasteiger charge is 2.14. The summed E-state index contributed by atoms with van der Waals surface area (Å²) in [6, 6.07) is 9.63. The van der Waals surface area contributed by atoms with Crippen LogP contribution in [0, 0.1) is 0 Å². The molecule has 23 heavy (non-hydrogen) atoms. The van der Waals surface area contributed by atoms with E-state index in [1.165, 1.54) is 16.0 Å². The Labute approximate surface area is 139 Å². The molecule has 0 fully saturated rings. The third-order valence-electron chi connectivity index (χ3n) is 3.29. The van der Waals surface area contributed by atoms with Gasteiger partial charge in [0, 0.05) is 18.6 Å². The van der Waals surface area contributed by atoms with Gasteiger partial charge in [0.25, 0.3) is 5.91 Å². The van der Waals surface area contributed by atoms with Gasteiger partial charge in [0.1, 0.15) is 16.4 Å². The van der Waals surface area contributed by atoms with E-state index < -0.39 is 0 Å². The Bertz CT molecular complexity index is 967. The third kappa shape index (κ3) is 2.62. The van der Waals surface area contributed by atoms with Gasteiger partial charge in [0.05, 0.1) is 10.2 Å². The Hall–Kier alpha value is -2.58. The lowest BCUT2D eigenvalue weighted by molar-refractivity contribution is 0.101. The average molecular weight is 341 g/mol. The van der Waals surface area contributed by atoms with Crippen molar-refractivity contribution >= 4 is 43.9 Å². The predicted molar refractivity (Wildman–Crippen MR) is 91.9 cm³/mol. The molecule has 114 valence electrons. The lowest BCUT2D eigenvalue weighted by Crippen LogP contribution is -2.15. The van der Waals surface area contributed by atoms with Crippen molar-refractivity contribution in [3.05, 3.63) is 47.6 Å². The summed E-state index contributed by atoms with van der Waals surface area (Å²) in [6.07, 6.45) is 1.59. The molecule has 4 rings (SSSR count). The van der Waals surface area contributed by atoms with Crippen LogP contribution >= 0.6 is 22.7 Å². The summed E-state index contributed by atoms with van der Waals surface area (Å²) >= 11 is 2.97. The van der Waals surface area contributed by atoms with Crippen molar-refractivity contribution in [3.8, 4) is 10.7 Å². The maximum atomic E-state index is 12.2. The van der Waals surface area contributed by atoms with Crippen LogP contribution in [-0.4, -0.2) is 25.7 Å². The molecule has 3 heterocycles. The molecule has 0 radical (unpaired) electrons. The van der Waals surface area contributed by atoms with Gasteiger partial charge in [-0.3, -0.25) is 14.8 Å². The largest absolute Gasteiger partial charge is 0.296 e. The number of nitrogens with zero attached hydrogens (tertiary/aromatic N) is 4. The fourth-order valence-corrected chi connectivity index (χ4v) is 3.86. The molecular weight excluding hydrogens is 330 g/mol. The minimum Gasteiger partial charge on any atom is -0.296 e. The Morgan fingerprint density at radius 3 is 2.87 bits per heavy atom. The summed E-state index contributed by atoms with van der Waals surface area (Å²) in [7, 11) is 1.73. The quantitative estimate of drug-likeness (QED) is 0.620. The van der Waals surface area contributed by atoms with Crippen molar-refractivity contribution in [1.82, 2.24) is 19.7 Å². The van der Waals surface area contributed by atoms with Crippen LogP contribution in [0.2, 0.25) is 0 Å². The molecule has 0 spiro atoms. The Morgan fingerprint density at radius 1 is 1.22 bits per heavy atom. The topological polar surface area (TPSA) is 72.7 Å². The number of amides is 1. The molecule has 0 saturated carbocycles. The zero-order valence-electron chi connectivity index (χ0n) is 12.1. The summed E-state index contributed by atoms with van der Waals surface area (Å²) in [6.45, 7) is 0. The molecule has 4 aromatic rings. The SMILES string of the molecule is Cn1nccc1C(=O)Nc1nc(-c2nc3ccccc3s2)cs1. The summed E-state index contributed by atoms with van der Waals surface area (Å²) in [5.74, 6) is -0.227. The number of rotatable bonds is 3. The second kappa shape index (κ2) is 5.56. The summed E-state index contributed by atoms with van der Waals surface area (Å²) in [5, 5.41) is 10.1. The molecule has 0 saturated heterocycles. The average Bonchev–Trinajstić information content (AvgIpc) is 3.25. The van der Waals surface area contributed by atoms with E-state index in [9.17, 15) is 4.79 Å². The number of hydrogen-bond acceptors (Lipinski definition) is 6. The number of carbonyl (C=O) groups is 1. The lowest BCUT2D eigenvalue weighted by atomic mass is 10.3. The number of aromatic nitrogens is 4. The molecule has 1 aromatic carbocycles. The molecule has 6 nitrogen and oxygen atoms in total. The standard InChI is InChI=1S/C15H11N5OS2/c1-20-11(6-7-16-20)13(21)19-15-18-10(8-22-15)14-17-9-4-2-3-5-12(9)23-14/h2-8H,1H3,(H,18,19,21). The van der Waals surface area contributed by atoms with E-state index in [4.69, 9.17) is 0 Å². The molecule has 0 aliphatic heterocycles. The van der Waals surface area contributed by atoms with Gasteiger partial charge in [-0.15, -0.1) is 22.7 Å². The van der Waals surface area contributed by atoms with Gasteiger partial charge in [-0.2, -0.15) is 5.10 Å². The number of aryl methyl sites for hydroxylation is 1. The first kappa shape index (κ1) is 14.0. The molecule has 0 unspecified atom stereocenters. The number of benzene rings is 1. The van der Waals surface area contributed by atoms with Crippen molar-refractivity contribution in [2.75, 3.05) is 5.32 Å². The lowest BCUT2D eigenvalue weighted by Gasteiger charge is -2.01. The first-order chi connectivity index (χ1) is 11.2. The minimum atomic E-state index is -0.227. The van der Waals surface area contributed by atoms with Gasteiger partial charge in [0.2, 0.25) is 0 Å². The second-order valence-corrected chi connectivity index (χ2v) is 6.71. The molecule has 0 atom stereocenters. The Kier molecular flexibility index (Phi) is 3.40. The highest BCUT2D eigenvalue weighted by atomic mass is 32.1. The number of nitrogens with one attached hydrogen (secondary N) is 1. The van der Waals surface area contributed by atoms with E-state index in [1.807, 2.05) is 29.6 Å². The highest BCUT2D eigenvalue weighted by Crippen LogP contribution is 2.31. The monoisotopic (exact) mass is 341 g/mol. The van der Waals surface area contributed by atoms with Crippen molar-refractivity contribution in [2.45, 2.75) is 0 Å². The van der Waals surface area contributed by atoms with Crippen molar-refractivity contribution in [1.29, 1.82) is 0 Å². The summed E-state index contributed by atoms with van der Waals surface area (Å²) < 4.78 is 2.65. The van der Waals surface area contributed by atoms with E-state index in [2.05, 4.69) is 20.4 Å². The number of thiazole rings is 2. The minimum absolute atomic E-state index is 0.227. The molecule has 0 aliphatic carbocycles. The van der Waals surface area contributed by atoms with Crippen LogP contribution in [0.4, 0.5) is 5.13 Å². The van der Waals surface area contributed by atoms with Gasteiger partial charge in [-0.25, -0.2) is 9.97 Å². The zero-order chi connectivity index (χ0) is 15.8. The number of carbonyl (C=O) groups excluding carboxylic acids is 1. The van der Waals surface area contributed by atoms with Crippen LogP contribution in [-0.2, 0) is 7.05 Å². The van der Waals surface area contributed by atoms with Crippen LogP contribution in [0.1, 0.15) is 10.5 Å². The molecule has 1 N–H and O–H groups in total. The van der Waals surface area contributed by atoms with Gasteiger partial charge in [-0.05, 0) is 18.2 Å². The molecule has 0 bridgehead atoms. The normalized spacial score (nSPS) is 11.0. The Balaban J connectivity index is 1.59. The second-order valence-electron chi connectivity index (χ2n) is 4.82. The molecule has 8 heteroatoms. The third-order valence-corrected chi connectivity index (χ3v) is 5.11. The molecule has 3 aromatic heterocycles. The van der Waals surface area contributed by atoms with Crippen LogP contribution in [0.15, 0.2) is 41.9 Å². The maximum Gasteiger partial charge on any atom is 0.275 e. The first-order valence-electron chi connectivity index (χ1n) is 6.81. The van der Waals surface area contributed by atoms with Crippen LogP contribution in [0.5, 0.6) is 0 Å². The van der Waals surface area contributed by atoms with E-state index >= 15 is 0 Å². The smallest absolute Gasteiger partial charge is 0.275 e. The van der Waals surface area contributed by atoms with Crippen LogP contribution in [0.3, 0.4) is 0 Å². The van der Waals surface area contributed by atoms with Gasteiger partial charge in [0.15, 0.2) is 5.13 Å². The van der Waals surface area contributed by atoms with Crippen molar-refractivity contribution < 1.29 is 4.79 Å². The van der Waals surface area contributed by atoms with Crippen molar-refractivity contribution in [3.63, 3.8) is 0 Å². The fourth-order valence-electron chi connectivity index (χ4n) is 2.17. The number of anilines is 1. The molecule has 1 amide bonds. The number of fused-ring (bicyclic) bond motifs is 1. The van der Waals surface area contributed by atoms with Gasteiger partial charge >= 0.3 is 0 Å². The summed E-state index contributed by atoms with van der Waals surface area (Å²) in [5.41, 5.74) is 2.22.